The first-order valence-electron chi connectivity index (χ1n) is 4.58. The van der Waals surface area contributed by atoms with Crippen LogP contribution in [-0.2, 0) is 0 Å². The van der Waals surface area contributed by atoms with Crippen LogP contribution in [0.2, 0.25) is 0 Å². The standard InChI is InChI=1S/C9H19N3S/c1-5-4-7(10)6(2)9(8(5)11)12-13-3/h5,7-8,12H,4,10-11H2,1-3H3/t5-,7?,8?/m1/s1. The van der Waals surface area contributed by atoms with Crippen molar-refractivity contribution in [3.8, 4) is 0 Å². The van der Waals surface area contributed by atoms with Crippen molar-refractivity contribution >= 4 is 11.9 Å². The largest absolute Gasteiger partial charge is 0.332 e. The Morgan fingerprint density at radius 2 is 2.08 bits per heavy atom. The highest BCUT2D eigenvalue weighted by Crippen LogP contribution is 2.26. The molecule has 3 atom stereocenters. The van der Waals surface area contributed by atoms with Crippen molar-refractivity contribution in [2.24, 2.45) is 17.4 Å². The molecule has 0 aromatic heterocycles. The summed E-state index contributed by atoms with van der Waals surface area (Å²) in [6.45, 7) is 4.22. The molecule has 0 aliphatic heterocycles. The van der Waals surface area contributed by atoms with E-state index in [4.69, 9.17) is 11.5 Å². The van der Waals surface area contributed by atoms with Gasteiger partial charge in [-0.05, 0) is 24.8 Å². The van der Waals surface area contributed by atoms with Gasteiger partial charge in [0.15, 0.2) is 0 Å². The van der Waals surface area contributed by atoms with Crippen molar-refractivity contribution in [2.45, 2.75) is 32.4 Å². The van der Waals surface area contributed by atoms with Crippen LogP contribution in [0.25, 0.3) is 0 Å². The molecule has 0 fully saturated rings. The molecule has 0 aromatic carbocycles. The normalized spacial score (nSPS) is 35.0. The van der Waals surface area contributed by atoms with E-state index in [0.717, 1.165) is 12.1 Å². The van der Waals surface area contributed by atoms with Crippen LogP contribution in [0, 0.1) is 5.92 Å². The predicted octanol–water partition coefficient (Wildman–Crippen LogP) is 0.822. The van der Waals surface area contributed by atoms with Crippen LogP contribution < -0.4 is 16.2 Å². The van der Waals surface area contributed by atoms with Gasteiger partial charge in [-0.2, -0.15) is 0 Å². The Labute approximate surface area is 84.5 Å². The molecule has 1 aliphatic carbocycles. The Morgan fingerprint density at radius 1 is 1.46 bits per heavy atom. The fourth-order valence-electron chi connectivity index (χ4n) is 1.73. The summed E-state index contributed by atoms with van der Waals surface area (Å²) in [7, 11) is 0. The Morgan fingerprint density at radius 3 is 2.62 bits per heavy atom. The van der Waals surface area contributed by atoms with Gasteiger partial charge in [0.05, 0.1) is 0 Å². The lowest BCUT2D eigenvalue weighted by molar-refractivity contribution is 0.400. The van der Waals surface area contributed by atoms with E-state index in [2.05, 4.69) is 18.6 Å². The summed E-state index contributed by atoms with van der Waals surface area (Å²) in [5.74, 6) is 0.466. The minimum Gasteiger partial charge on any atom is -0.332 e. The molecule has 2 unspecified atom stereocenters. The molecule has 0 amide bonds. The van der Waals surface area contributed by atoms with Gasteiger partial charge in [-0.25, -0.2) is 0 Å². The van der Waals surface area contributed by atoms with Crippen LogP contribution in [0.3, 0.4) is 0 Å². The number of rotatable bonds is 2. The summed E-state index contributed by atoms with van der Waals surface area (Å²) >= 11 is 1.58. The molecule has 0 heterocycles. The average Bonchev–Trinajstić information content (AvgIpc) is 2.09. The third-order valence-corrected chi connectivity index (χ3v) is 3.19. The maximum Gasteiger partial charge on any atom is 0.0479 e. The minimum absolute atomic E-state index is 0.118. The molecule has 0 saturated carbocycles. The number of nitrogens with one attached hydrogen (secondary N) is 1. The van der Waals surface area contributed by atoms with Gasteiger partial charge >= 0.3 is 0 Å². The summed E-state index contributed by atoms with van der Waals surface area (Å²) in [4.78, 5) is 0. The highest BCUT2D eigenvalue weighted by Gasteiger charge is 2.28. The van der Waals surface area contributed by atoms with E-state index in [1.54, 1.807) is 11.9 Å². The smallest absolute Gasteiger partial charge is 0.0479 e. The van der Waals surface area contributed by atoms with Crippen LogP contribution in [0.1, 0.15) is 20.3 Å². The fourth-order valence-corrected chi connectivity index (χ4v) is 2.25. The zero-order valence-electron chi connectivity index (χ0n) is 8.50. The van der Waals surface area contributed by atoms with Crippen molar-refractivity contribution in [1.29, 1.82) is 0 Å². The second-order valence-electron chi connectivity index (χ2n) is 3.75. The highest BCUT2D eigenvalue weighted by atomic mass is 32.2. The molecule has 13 heavy (non-hydrogen) atoms. The molecule has 0 spiro atoms. The van der Waals surface area contributed by atoms with Gasteiger partial charge < -0.3 is 16.2 Å². The topological polar surface area (TPSA) is 64.1 Å². The van der Waals surface area contributed by atoms with Crippen LogP contribution >= 0.6 is 11.9 Å². The zero-order chi connectivity index (χ0) is 10.0. The lowest BCUT2D eigenvalue weighted by Crippen LogP contribution is -2.44. The molecular formula is C9H19N3S. The highest BCUT2D eigenvalue weighted by molar-refractivity contribution is 7.96. The van der Waals surface area contributed by atoms with E-state index in [9.17, 15) is 0 Å². The zero-order valence-corrected chi connectivity index (χ0v) is 9.32. The van der Waals surface area contributed by atoms with E-state index in [-0.39, 0.29) is 12.1 Å². The quantitative estimate of drug-likeness (QED) is 0.579. The van der Waals surface area contributed by atoms with Crippen molar-refractivity contribution < 1.29 is 0 Å². The summed E-state index contributed by atoms with van der Waals surface area (Å²) in [6, 6.07) is 0.289. The minimum atomic E-state index is 0.118. The molecule has 76 valence electrons. The lowest BCUT2D eigenvalue weighted by Gasteiger charge is -2.33. The maximum atomic E-state index is 6.07. The fraction of sp³-hybridized carbons (Fsp3) is 0.778. The molecule has 0 bridgehead atoms. The van der Waals surface area contributed by atoms with Crippen LogP contribution in [0.4, 0.5) is 0 Å². The molecule has 1 aliphatic rings. The number of nitrogens with two attached hydrogens (primary N) is 2. The molecular weight excluding hydrogens is 182 g/mol. The molecule has 3 nitrogen and oxygen atoms in total. The molecule has 1 rings (SSSR count). The summed E-state index contributed by atoms with van der Waals surface area (Å²) in [6.07, 6.45) is 2.99. The second kappa shape index (κ2) is 4.35. The Bertz CT molecular complexity index is 215. The summed E-state index contributed by atoms with van der Waals surface area (Å²) in [5, 5.41) is 0. The molecule has 0 aromatic rings. The van der Waals surface area contributed by atoms with Gasteiger partial charge in [-0.1, -0.05) is 18.9 Å². The second-order valence-corrected chi connectivity index (χ2v) is 4.36. The number of hydrogen-bond acceptors (Lipinski definition) is 4. The van der Waals surface area contributed by atoms with E-state index in [1.807, 2.05) is 6.26 Å². The monoisotopic (exact) mass is 201 g/mol. The van der Waals surface area contributed by atoms with E-state index < -0.39 is 0 Å². The Balaban J connectivity index is 2.87. The average molecular weight is 201 g/mol. The van der Waals surface area contributed by atoms with Crippen LogP contribution in [0.5, 0.6) is 0 Å². The SMILES string of the molecule is CSNC1=C(C)C(N)C[C@@H](C)C1N. The van der Waals surface area contributed by atoms with Gasteiger partial charge in [-0.15, -0.1) is 0 Å². The first-order chi connectivity index (χ1) is 6.07. The predicted molar refractivity (Wildman–Crippen MR) is 59.1 cm³/mol. The molecule has 4 heteroatoms. The molecule has 5 N–H and O–H groups in total. The Hall–Kier alpha value is -0.190. The van der Waals surface area contributed by atoms with Gasteiger partial charge in [0, 0.05) is 24.0 Å². The van der Waals surface area contributed by atoms with Crippen molar-refractivity contribution in [3.05, 3.63) is 11.3 Å². The third-order valence-electron chi connectivity index (χ3n) is 2.77. The lowest BCUT2D eigenvalue weighted by atomic mass is 9.82. The summed E-state index contributed by atoms with van der Waals surface area (Å²) < 4.78 is 3.24. The number of hydrogen-bond donors (Lipinski definition) is 3. The maximum absolute atomic E-state index is 6.07. The van der Waals surface area contributed by atoms with Gasteiger partial charge in [-0.3, -0.25) is 0 Å². The van der Waals surface area contributed by atoms with Gasteiger partial charge in [0.25, 0.3) is 0 Å². The van der Waals surface area contributed by atoms with E-state index in [0.29, 0.717) is 5.92 Å². The van der Waals surface area contributed by atoms with Gasteiger partial charge in [0.1, 0.15) is 0 Å². The van der Waals surface area contributed by atoms with Crippen LogP contribution in [-0.4, -0.2) is 18.3 Å². The first-order valence-corrected chi connectivity index (χ1v) is 5.81. The third kappa shape index (κ3) is 2.18. The van der Waals surface area contributed by atoms with Crippen molar-refractivity contribution in [2.75, 3.05) is 6.26 Å². The summed E-state index contributed by atoms with van der Waals surface area (Å²) in [5.41, 5.74) is 14.4. The van der Waals surface area contributed by atoms with Crippen molar-refractivity contribution in [1.82, 2.24) is 4.72 Å². The van der Waals surface area contributed by atoms with E-state index in [1.165, 1.54) is 5.57 Å². The van der Waals surface area contributed by atoms with Crippen molar-refractivity contribution in [3.63, 3.8) is 0 Å². The van der Waals surface area contributed by atoms with Crippen LogP contribution in [0.15, 0.2) is 11.3 Å². The molecule has 0 saturated heterocycles. The van der Waals surface area contributed by atoms with Gasteiger partial charge in [0.2, 0.25) is 0 Å². The first kappa shape index (κ1) is 10.9. The molecule has 0 radical (unpaired) electrons. The Kier molecular flexibility index (Phi) is 3.64. The van der Waals surface area contributed by atoms with E-state index >= 15 is 0 Å².